The van der Waals surface area contributed by atoms with Crippen LogP contribution in [0.4, 0.5) is 4.79 Å². The molecule has 0 radical (unpaired) electrons. The fraction of sp³-hybridized carbons (Fsp3) is 0.333. The molecule has 0 aromatic carbocycles. The third-order valence-corrected chi connectivity index (χ3v) is 0.728. The molecule has 0 heterocycles. The molecule has 66 valence electrons. The van der Waals surface area contributed by atoms with Gasteiger partial charge in [-0.1, -0.05) is 34.8 Å². The topological polar surface area (TPSA) is 106 Å². The zero-order chi connectivity index (χ0) is 9.65. The van der Waals surface area contributed by atoms with E-state index in [9.17, 15) is 4.79 Å². The van der Waals surface area contributed by atoms with Crippen LogP contribution in [0.25, 0.3) is 0 Å². The number of hydrogen-bond donors (Lipinski definition) is 3. The minimum Gasteiger partial charge on any atom is -0.478 e. The maximum atomic E-state index is 9.62. The quantitative estimate of drug-likeness (QED) is 0.519. The third kappa shape index (κ3) is 17.7. The molecule has 0 aromatic heterocycles. The summed E-state index contributed by atoms with van der Waals surface area (Å²) in [5.41, 5.74) is 8.50. The number of carboxylic acid groups (broad SMARTS) is 1. The van der Waals surface area contributed by atoms with Crippen LogP contribution in [0.3, 0.4) is 0 Å². The van der Waals surface area contributed by atoms with E-state index in [0.29, 0.717) is 0 Å². The second-order valence-corrected chi connectivity index (χ2v) is 3.49. The molecule has 0 atom stereocenters. The Bertz CT molecular complexity index is 150. The van der Waals surface area contributed by atoms with Crippen LogP contribution in [-0.4, -0.2) is 20.9 Å². The summed E-state index contributed by atoms with van der Waals surface area (Å²) in [5.74, 6) is -1.46. The molecule has 0 saturated heterocycles. The summed E-state index contributed by atoms with van der Waals surface area (Å²) in [5, 5.41) is 7.85. The molecule has 8 heteroatoms. The van der Waals surface area contributed by atoms with Gasteiger partial charge in [0.15, 0.2) is 0 Å². The fourth-order valence-electron chi connectivity index (χ4n) is 0. The Hall–Kier alpha value is -0.390. The molecule has 11 heavy (non-hydrogen) atoms. The van der Waals surface area contributed by atoms with E-state index in [1.807, 2.05) is 0 Å². The van der Waals surface area contributed by atoms with Gasteiger partial charge in [0.2, 0.25) is 0 Å². The van der Waals surface area contributed by atoms with E-state index in [2.05, 4.69) is 11.5 Å². The van der Waals surface area contributed by atoms with E-state index in [4.69, 9.17) is 44.7 Å². The van der Waals surface area contributed by atoms with Gasteiger partial charge in [-0.25, -0.2) is 9.59 Å². The average Bonchev–Trinajstić information content (AvgIpc) is 1.59. The number of rotatable bonds is 0. The largest absolute Gasteiger partial charge is 0.478 e. The minimum absolute atomic E-state index is 0.833. The van der Waals surface area contributed by atoms with Gasteiger partial charge < -0.3 is 16.6 Å². The van der Waals surface area contributed by atoms with Crippen LogP contribution in [0.1, 0.15) is 0 Å². The smallest absolute Gasteiger partial charge is 0.356 e. The van der Waals surface area contributed by atoms with Crippen molar-refractivity contribution in [2.24, 2.45) is 11.5 Å². The number of carboxylic acids is 1. The lowest BCUT2D eigenvalue weighted by molar-refractivity contribution is -0.135. The Kier molecular flexibility index (Phi) is 6.35. The fourth-order valence-corrected chi connectivity index (χ4v) is 0. The van der Waals surface area contributed by atoms with Crippen molar-refractivity contribution in [3.05, 3.63) is 0 Å². The number of aliphatic carboxylic acids is 1. The highest BCUT2D eigenvalue weighted by Crippen LogP contribution is 2.25. The highest BCUT2D eigenvalue weighted by Gasteiger charge is 2.29. The van der Waals surface area contributed by atoms with Crippen molar-refractivity contribution < 1.29 is 14.7 Å². The molecule has 0 spiro atoms. The van der Waals surface area contributed by atoms with Gasteiger partial charge in [-0.15, -0.1) is 0 Å². The number of hydrogen-bond acceptors (Lipinski definition) is 2. The molecule has 0 saturated carbocycles. The third-order valence-electron chi connectivity index (χ3n) is 0.243. The number of carbonyl (C=O) groups is 2. The van der Waals surface area contributed by atoms with Crippen molar-refractivity contribution in [2.45, 2.75) is 3.79 Å². The molecule has 0 aliphatic rings. The van der Waals surface area contributed by atoms with Crippen molar-refractivity contribution in [3.8, 4) is 0 Å². The van der Waals surface area contributed by atoms with Gasteiger partial charge in [-0.05, 0) is 0 Å². The first kappa shape index (κ1) is 13.2. The molecule has 0 aliphatic carbocycles. The number of urea groups is 1. The first-order chi connectivity index (χ1) is 4.68. The summed E-state index contributed by atoms with van der Waals surface area (Å²) in [6.07, 6.45) is 0. The van der Waals surface area contributed by atoms with Crippen LogP contribution >= 0.6 is 34.8 Å². The van der Waals surface area contributed by atoms with E-state index in [0.717, 1.165) is 0 Å². The van der Waals surface area contributed by atoms with Crippen LogP contribution < -0.4 is 11.5 Å². The molecular weight excluding hydrogens is 218 g/mol. The highest BCUT2D eigenvalue weighted by molar-refractivity contribution is 6.75. The molecule has 5 nitrogen and oxygen atoms in total. The zero-order valence-electron chi connectivity index (χ0n) is 5.05. The summed E-state index contributed by atoms with van der Waals surface area (Å²) in [7, 11) is 0. The molecule has 0 aliphatic heterocycles. The van der Waals surface area contributed by atoms with Crippen LogP contribution in [0.2, 0.25) is 0 Å². The SMILES string of the molecule is NC(N)=O.O=C(O)C(Cl)(Cl)Cl. The zero-order valence-corrected chi connectivity index (χ0v) is 7.32. The Morgan fingerprint density at radius 1 is 1.18 bits per heavy atom. The summed E-state index contributed by atoms with van der Waals surface area (Å²) in [6.45, 7) is 0. The van der Waals surface area contributed by atoms with Crippen LogP contribution in [0, 0.1) is 0 Å². The van der Waals surface area contributed by atoms with Gasteiger partial charge in [-0.3, -0.25) is 0 Å². The summed E-state index contributed by atoms with van der Waals surface area (Å²) >= 11 is 14.4. The van der Waals surface area contributed by atoms with E-state index in [1.54, 1.807) is 0 Å². The van der Waals surface area contributed by atoms with Gasteiger partial charge >= 0.3 is 12.0 Å². The predicted molar refractivity (Wildman–Crippen MR) is 41.7 cm³/mol. The molecule has 0 aromatic rings. The van der Waals surface area contributed by atoms with Crippen LogP contribution in [0.5, 0.6) is 0 Å². The Morgan fingerprint density at radius 3 is 1.27 bits per heavy atom. The van der Waals surface area contributed by atoms with Gasteiger partial charge in [0.25, 0.3) is 3.79 Å². The Morgan fingerprint density at radius 2 is 1.27 bits per heavy atom. The van der Waals surface area contributed by atoms with Crippen molar-refractivity contribution in [3.63, 3.8) is 0 Å². The number of nitrogens with two attached hydrogens (primary N) is 2. The number of amides is 2. The molecular formula is C3H5Cl3N2O3. The maximum Gasteiger partial charge on any atom is 0.356 e. The standard InChI is InChI=1S/C2HCl3O2.CH4N2O/c3-2(4,5)1(6)7;2-1(3)4/h(H,6,7);(H4,2,3,4). The molecule has 2 amide bonds. The van der Waals surface area contributed by atoms with E-state index >= 15 is 0 Å². The summed E-state index contributed by atoms with van der Waals surface area (Å²) < 4.78 is -2.17. The van der Waals surface area contributed by atoms with Gasteiger partial charge in [-0.2, -0.15) is 0 Å². The number of alkyl halides is 3. The molecule has 5 N–H and O–H groups in total. The summed E-state index contributed by atoms with van der Waals surface area (Å²) in [6, 6.07) is -0.833. The Labute approximate surface area is 77.2 Å². The van der Waals surface area contributed by atoms with E-state index < -0.39 is 15.8 Å². The highest BCUT2D eigenvalue weighted by atomic mass is 35.6. The van der Waals surface area contributed by atoms with Crippen molar-refractivity contribution >= 4 is 46.8 Å². The number of primary amides is 2. The number of carbonyl (C=O) groups excluding carboxylic acids is 1. The maximum absolute atomic E-state index is 9.62. The lowest BCUT2D eigenvalue weighted by Crippen LogP contribution is -2.18. The monoisotopic (exact) mass is 222 g/mol. The lowest BCUT2D eigenvalue weighted by Gasteiger charge is -1.99. The summed E-state index contributed by atoms with van der Waals surface area (Å²) in [4.78, 5) is 18.6. The molecule has 0 rings (SSSR count). The molecule has 0 fully saturated rings. The second-order valence-electron chi connectivity index (χ2n) is 1.21. The average molecular weight is 223 g/mol. The van der Waals surface area contributed by atoms with E-state index in [-0.39, 0.29) is 0 Å². The minimum atomic E-state index is -2.17. The second kappa shape index (κ2) is 5.29. The molecule has 0 bridgehead atoms. The van der Waals surface area contributed by atoms with Gasteiger partial charge in [0, 0.05) is 0 Å². The normalized spacial score (nSPS) is 9.36. The van der Waals surface area contributed by atoms with Crippen molar-refractivity contribution in [1.29, 1.82) is 0 Å². The van der Waals surface area contributed by atoms with Crippen molar-refractivity contribution in [1.82, 2.24) is 0 Å². The predicted octanol–water partition coefficient (Wildman–Crippen LogP) is 0.465. The van der Waals surface area contributed by atoms with Crippen molar-refractivity contribution in [2.75, 3.05) is 0 Å². The Balaban J connectivity index is 0. The first-order valence-electron chi connectivity index (χ1n) is 2.03. The lowest BCUT2D eigenvalue weighted by atomic mass is 10.8. The van der Waals surface area contributed by atoms with E-state index in [1.165, 1.54) is 0 Å². The van der Waals surface area contributed by atoms with Crippen LogP contribution in [-0.2, 0) is 4.79 Å². The van der Waals surface area contributed by atoms with Crippen LogP contribution in [0.15, 0.2) is 0 Å². The molecule has 0 unspecified atom stereocenters. The number of halogens is 3. The van der Waals surface area contributed by atoms with Gasteiger partial charge in [0.1, 0.15) is 0 Å². The van der Waals surface area contributed by atoms with Gasteiger partial charge in [0.05, 0.1) is 0 Å². The first-order valence-corrected chi connectivity index (χ1v) is 3.16.